The zero-order valence-corrected chi connectivity index (χ0v) is 14.3. The van der Waals surface area contributed by atoms with Crippen LogP contribution >= 0.6 is 11.6 Å². The van der Waals surface area contributed by atoms with Crippen LogP contribution in [-0.2, 0) is 4.74 Å². The van der Waals surface area contributed by atoms with Crippen LogP contribution in [0.3, 0.4) is 0 Å². The minimum absolute atomic E-state index is 0.270. The summed E-state index contributed by atoms with van der Waals surface area (Å²) in [5.41, 5.74) is 3.62. The molecule has 4 rings (SSSR count). The number of anilines is 1. The number of aryl methyl sites for hydroxylation is 1. The van der Waals surface area contributed by atoms with Crippen molar-refractivity contribution in [1.29, 1.82) is 0 Å². The van der Waals surface area contributed by atoms with Crippen molar-refractivity contribution in [2.75, 3.05) is 18.5 Å². The van der Waals surface area contributed by atoms with Crippen LogP contribution in [0.2, 0.25) is 5.02 Å². The van der Waals surface area contributed by atoms with Gasteiger partial charge in [0.25, 0.3) is 0 Å². The molecule has 0 saturated carbocycles. The monoisotopic (exact) mass is 342 g/mol. The lowest BCUT2D eigenvalue weighted by atomic mass is 10.1. The molecule has 1 saturated heterocycles. The zero-order valence-electron chi connectivity index (χ0n) is 13.5. The first kappa shape index (κ1) is 15.4. The van der Waals surface area contributed by atoms with E-state index in [4.69, 9.17) is 16.3 Å². The Labute approximate surface area is 145 Å². The maximum absolute atomic E-state index is 6.35. The van der Waals surface area contributed by atoms with E-state index in [1.165, 1.54) is 0 Å². The second-order valence-electron chi connectivity index (χ2n) is 6.07. The van der Waals surface area contributed by atoms with Crippen molar-refractivity contribution in [3.05, 3.63) is 47.2 Å². The molecule has 0 radical (unpaired) electrons. The van der Waals surface area contributed by atoms with E-state index in [-0.39, 0.29) is 6.10 Å². The standard InChI is InChI=1S/C18H19ClN4O/c1-12-9-17(20-10-13-5-4-8-24-13)23-18(22-12)15(11-21-23)14-6-2-3-7-16(14)19/h2-3,6-7,9,11,13,20H,4-5,8,10H2,1H3/t13-/m1/s1. The second-order valence-corrected chi connectivity index (χ2v) is 6.48. The molecule has 0 aliphatic carbocycles. The molecular formula is C18H19ClN4O. The van der Waals surface area contributed by atoms with Crippen molar-refractivity contribution in [3.8, 4) is 11.1 Å². The van der Waals surface area contributed by atoms with Gasteiger partial charge in [0.05, 0.1) is 12.3 Å². The number of fused-ring (bicyclic) bond motifs is 1. The van der Waals surface area contributed by atoms with Crippen LogP contribution in [0.15, 0.2) is 36.5 Å². The molecule has 124 valence electrons. The minimum Gasteiger partial charge on any atom is -0.376 e. The average Bonchev–Trinajstić information content (AvgIpc) is 3.22. The molecule has 3 heterocycles. The molecule has 6 heteroatoms. The van der Waals surface area contributed by atoms with Crippen molar-refractivity contribution in [1.82, 2.24) is 14.6 Å². The normalized spacial score (nSPS) is 17.5. The molecule has 24 heavy (non-hydrogen) atoms. The molecule has 5 nitrogen and oxygen atoms in total. The summed E-state index contributed by atoms with van der Waals surface area (Å²) in [7, 11) is 0. The predicted octanol–water partition coefficient (Wildman–Crippen LogP) is 3.95. The topological polar surface area (TPSA) is 51.5 Å². The molecule has 3 aromatic rings. The van der Waals surface area contributed by atoms with Gasteiger partial charge in [0.15, 0.2) is 5.65 Å². The van der Waals surface area contributed by atoms with Crippen molar-refractivity contribution in [3.63, 3.8) is 0 Å². The van der Waals surface area contributed by atoms with Crippen LogP contribution in [-0.4, -0.2) is 33.9 Å². The predicted molar refractivity (Wildman–Crippen MR) is 95.6 cm³/mol. The first-order chi connectivity index (χ1) is 11.7. The number of halogens is 1. The molecular weight excluding hydrogens is 324 g/mol. The van der Waals surface area contributed by atoms with Crippen molar-refractivity contribution in [2.45, 2.75) is 25.9 Å². The Balaban J connectivity index is 1.72. The summed E-state index contributed by atoms with van der Waals surface area (Å²) in [6.07, 6.45) is 4.33. The van der Waals surface area contributed by atoms with Gasteiger partial charge >= 0.3 is 0 Å². The Hall–Kier alpha value is -2.11. The maximum Gasteiger partial charge on any atom is 0.165 e. The summed E-state index contributed by atoms with van der Waals surface area (Å²) in [4.78, 5) is 4.66. The van der Waals surface area contributed by atoms with Gasteiger partial charge in [0.2, 0.25) is 0 Å². The quantitative estimate of drug-likeness (QED) is 0.780. The summed E-state index contributed by atoms with van der Waals surface area (Å²) in [6, 6.07) is 9.77. The molecule has 1 aliphatic rings. The fourth-order valence-corrected chi connectivity index (χ4v) is 3.34. The number of hydrogen-bond acceptors (Lipinski definition) is 4. The highest BCUT2D eigenvalue weighted by Crippen LogP contribution is 2.31. The van der Waals surface area contributed by atoms with Crippen molar-refractivity contribution >= 4 is 23.1 Å². The molecule has 1 atom stereocenters. The number of hydrogen-bond donors (Lipinski definition) is 1. The van der Waals surface area contributed by atoms with Gasteiger partial charge in [-0.05, 0) is 25.8 Å². The lowest BCUT2D eigenvalue weighted by molar-refractivity contribution is 0.120. The van der Waals surface area contributed by atoms with Crippen LogP contribution < -0.4 is 5.32 Å². The Bertz CT molecular complexity index is 871. The second kappa shape index (κ2) is 6.42. The molecule has 0 unspecified atom stereocenters. The highest BCUT2D eigenvalue weighted by atomic mass is 35.5. The van der Waals surface area contributed by atoms with E-state index in [9.17, 15) is 0 Å². The third-order valence-corrected chi connectivity index (χ3v) is 4.63. The van der Waals surface area contributed by atoms with Gasteiger partial charge in [-0.3, -0.25) is 0 Å². The first-order valence-corrected chi connectivity index (χ1v) is 8.56. The number of ether oxygens (including phenoxy) is 1. The lowest BCUT2D eigenvalue weighted by Gasteiger charge is -2.13. The van der Waals surface area contributed by atoms with Crippen LogP contribution in [0, 0.1) is 6.92 Å². The Morgan fingerprint density at radius 3 is 3.00 bits per heavy atom. The summed E-state index contributed by atoms with van der Waals surface area (Å²) >= 11 is 6.35. The molecule has 0 amide bonds. The first-order valence-electron chi connectivity index (χ1n) is 8.18. The summed E-state index contributed by atoms with van der Waals surface area (Å²) in [5.74, 6) is 0.923. The largest absolute Gasteiger partial charge is 0.376 e. The van der Waals surface area contributed by atoms with Gasteiger partial charge in [-0.25, -0.2) is 4.98 Å². The smallest absolute Gasteiger partial charge is 0.165 e. The van der Waals surface area contributed by atoms with Crippen LogP contribution in [0.5, 0.6) is 0 Å². The molecule has 1 aliphatic heterocycles. The third kappa shape index (κ3) is 2.85. The number of rotatable bonds is 4. The maximum atomic E-state index is 6.35. The lowest BCUT2D eigenvalue weighted by Crippen LogP contribution is -2.20. The number of nitrogens with one attached hydrogen (secondary N) is 1. The van der Waals surface area contributed by atoms with Gasteiger partial charge in [-0.15, -0.1) is 0 Å². The fraction of sp³-hybridized carbons (Fsp3) is 0.333. The number of nitrogens with zero attached hydrogens (tertiary/aromatic N) is 3. The average molecular weight is 343 g/mol. The van der Waals surface area contributed by atoms with E-state index < -0.39 is 0 Å². The van der Waals surface area contributed by atoms with E-state index in [1.54, 1.807) is 0 Å². The van der Waals surface area contributed by atoms with Gasteiger partial charge < -0.3 is 10.1 Å². The fourth-order valence-electron chi connectivity index (χ4n) is 3.10. The molecule has 2 aromatic heterocycles. The van der Waals surface area contributed by atoms with Gasteiger partial charge in [-0.1, -0.05) is 29.8 Å². The van der Waals surface area contributed by atoms with Crippen LogP contribution in [0.4, 0.5) is 5.82 Å². The van der Waals surface area contributed by atoms with Gasteiger partial charge in [0.1, 0.15) is 5.82 Å². The van der Waals surface area contributed by atoms with Crippen LogP contribution in [0.25, 0.3) is 16.8 Å². The SMILES string of the molecule is Cc1cc(NC[C@H]2CCCO2)n2ncc(-c3ccccc3Cl)c2n1. The molecule has 0 spiro atoms. The highest BCUT2D eigenvalue weighted by molar-refractivity contribution is 6.33. The molecule has 1 aromatic carbocycles. The van der Waals surface area contributed by atoms with Crippen LogP contribution in [0.1, 0.15) is 18.5 Å². The van der Waals surface area contributed by atoms with E-state index >= 15 is 0 Å². The minimum atomic E-state index is 0.270. The third-order valence-electron chi connectivity index (χ3n) is 4.30. The summed E-state index contributed by atoms with van der Waals surface area (Å²) < 4.78 is 7.52. The summed E-state index contributed by atoms with van der Waals surface area (Å²) in [5, 5.41) is 8.67. The molecule has 1 N–H and O–H groups in total. The van der Waals surface area contributed by atoms with Crippen molar-refractivity contribution < 1.29 is 4.74 Å². The highest BCUT2D eigenvalue weighted by Gasteiger charge is 2.17. The Kier molecular flexibility index (Phi) is 4.12. The molecule has 0 bridgehead atoms. The number of benzene rings is 1. The van der Waals surface area contributed by atoms with Gasteiger partial charge in [-0.2, -0.15) is 9.61 Å². The Morgan fingerprint density at radius 2 is 2.21 bits per heavy atom. The van der Waals surface area contributed by atoms with E-state index in [1.807, 2.05) is 48.0 Å². The van der Waals surface area contributed by atoms with E-state index in [0.29, 0.717) is 5.02 Å². The van der Waals surface area contributed by atoms with E-state index in [2.05, 4.69) is 15.4 Å². The van der Waals surface area contributed by atoms with E-state index in [0.717, 1.165) is 54.3 Å². The van der Waals surface area contributed by atoms with Gasteiger partial charge in [0, 0.05) is 41.1 Å². The summed E-state index contributed by atoms with van der Waals surface area (Å²) in [6.45, 7) is 3.62. The Morgan fingerprint density at radius 1 is 1.33 bits per heavy atom. The molecule has 1 fully saturated rings. The van der Waals surface area contributed by atoms with Crippen molar-refractivity contribution in [2.24, 2.45) is 0 Å². The zero-order chi connectivity index (χ0) is 16.5. The number of aromatic nitrogens is 3.